The maximum absolute atomic E-state index is 4.93. The first-order chi connectivity index (χ1) is 13.0. The van der Waals surface area contributed by atoms with Gasteiger partial charge in [-0.3, -0.25) is 0 Å². The summed E-state index contributed by atoms with van der Waals surface area (Å²) in [6, 6.07) is 25.7. The SMILES string of the molecule is C[CH-]CC.Cc1cc2ccccc2[cH-]1.Cc1cc2ccccc2[cH-]1.[Cl][Zr][Cl]. The van der Waals surface area contributed by atoms with Gasteiger partial charge in [0.1, 0.15) is 0 Å². The third-order valence-corrected chi connectivity index (χ3v) is 3.93. The van der Waals surface area contributed by atoms with Gasteiger partial charge in [0.15, 0.2) is 0 Å². The monoisotopic (exact) mass is 475 g/mol. The number of hydrogen-bond acceptors (Lipinski definition) is 0. The molecule has 0 radical (unpaired) electrons. The summed E-state index contributed by atoms with van der Waals surface area (Å²) in [5, 5.41) is 5.39. The summed E-state index contributed by atoms with van der Waals surface area (Å²) < 4.78 is 0. The van der Waals surface area contributed by atoms with E-state index >= 15 is 0 Å². The van der Waals surface area contributed by atoms with Crippen molar-refractivity contribution in [2.45, 2.75) is 34.1 Å². The molecule has 0 saturated heterocycles. The zero-order chi connectivity index (χ0) is 20.1. The van der Waals surface area contributed by atoms with Crippen LogP contribution in [0.15, 0.2) is 72.8 Å². The molecule has 4 rings (SSSR count). The maximum atomic E-state index is 4.93. The second-order valence-corrected chi connectivity index (χ2v) is 9.94. The predicted octanol–water partition coefficient (Wildman–Crippen LogP) is 8.73. The van der Waals surface area contributed by atoms with Crippen LogP contribution in [0.4, 0.5) is 0 Å². The van der Waals surface area contributed by atoms with Crippen molar-refractivity contribution < 1.29 is 20.8 Å². The van der Waals surface area contributed by atoms with Gasteiger partial charge in [-0.2, -0.15) is 25.5 Å². The Labute approximate surface area is 182 Å². The second kappa shape index (κ2) is 14.2. The first kappa shape index (κ1) is 24.2. The van der Waals surface area contributed by atoms with Crippen LogP contribution in [-0.2, 0) is 20.8 Å². The van der Waals surface area contributed by atoms with Crippen LogP contribution in [-0.4, -0.2) is 0 Å². The molecule has 0 aliphatic heterocycles. The molecule has 144 valence electrons. The van der Waals surface area contributed by atoms with E-state index in [0.29, 0.717) is 0 Å². The van der Waals surface area contributed by atoms with E-state index in [1.807, 2.05) is 0 Å². The molecule has 27 heavy (non-hydrogen) atoms. The van der Waals surface area contributed by atoms with Gasteiger partial charge in [-0.25, -0.2) is 0 Å². The summed E-state index contributed by atoms with van der Waals surface area (Å²) in [7, 11) is 9.87. The van der Waals surface area contributed by atoms with Crippen LogP contribution < -0.4 is 0 Å². The van der Waals surface area contributed by atoms with Crippen LogP contribution in [0.3, 0.4) is 0 Å². The second-order valence-electron chi connectivity index (χ2n) is 6.21. The molecule has 0 amide bonds. The molecule has 0 bridgehead atoms. The summed E-state index contributed by atoms with van der Waals surface area (Å²) in [4.78, 5) is 0. The Morgan fingerprint density at radius 3 is 1.44 bits per heavy atom. The van der Waals surface area contributed by atoms with Crippen molar-refractivity contribution in [3.8, 4) is 0 Å². The van der Waals surface area contributed by atoms with Gasteiger partial charge in [0.05, 0.1) is 0 Å². The van der Waals surface area contributed by atoms with Gasteiger partial charge in [-0.05, 0) is 0 Å². The van der Waals surface area contributed by atoms with Gasteiger partial charge < -0.3 is 6.42 Å². The average molecular weight is 478 g/mol. The first-order valence-corrected chi connectivity index (χ1v) is 15.4. The molecule has 0 unspecified atom stereocenters. The quantitative estimate of drug-likeness (QED) is 0.240. The van der Waals surface area contributed by atoms with Crippen molar-refractivity contribution in [1.82, 2.24) is 0 Å². The molecule has 0 aromatic heterocycles. The molecule has 0 aliphatic carbocycles. The normalized spacial score (nSPS) is 9.41. The minimum absolute atomic E-state index is 0.826. The van der Waals surface area contributed by atoms with E-state index in [-0.39, 0.29) is 0 Å². The fraction of sp³-hybridized carbons (Fsp3) is 0.208. The Hall–Kier alpha value is -0.877. The molecule has 4 aromatic rings. The molecular weight excluding hydrogens is 450 g/mol. The molecule has 0 spiro atoms. The van der Waals surface area contributed by atoms with Crippen LogP contribution in [0, 0.1) is 20.3 Å². The molecule has 4 aromatic carbocycles. The minimum atomic E-state index is -0.826. The zero-order valence-corrected chi connectivity index (χ0v) is 20.4. The van der Waals surface area contributed by atoms with E-state index in [0.717, 1.165) is 0 Å². The van der Waals surface area contributed by atoms with Gasteiger partial charge in [0, 0.05) is 0 Å². The summed E-state index contributed by atoms with van der Waals surface area (Å²) in [6.45, 7) is 8.43. The zero-order valence-electron chi connectivity index (χ0n) is 16.5. The number of rotatable bonds is 1. The molecule has 3 heteroatoms. The van der Waals surface area contributed by atoms with Crippen molar-refractivity contribution in [3.63, 3.8) is 0 Å². The van der Waals surface area contributed by atoms with Crippen molar-refractivity contribution >= 4 is 38.6 Å². The number of hydrogen-bond donors (Lipinski definition) is 0. The van der Waals surface area contributed by atoms with Crippen LogP contribution in [0.5, 0.6) is 0 Å². The Morgan fingerprint density at radius 1 is 0.815 bits per heavy atom. The summed E-state index contributed by atoms with van der Waals surface area (Å²) in [5.41, 5.74) is 2.70. The Morgan fingerprint density at radius 2 is 1.15 bits per heavy atom. The van der Waals surface area contributed by atoms with Gasteiger partial charge in [-0.15, -0.1) is 81.2 Å². The van der Waals surface area contributed by atoms with E-state index in [2.05, 4.69) is 107 Å². The fourth-order valence-electron chi connectivity index (χ4n) is 2.61. The van der Waals surface area contributed by atoms with Crippen LogP contribution in [0.1, 0.15) is 31.4 Å². The van der Waals surface area contributed by atoms with Gasteiger partial charge in [0.2, 0.25) is 0 Å². The third-order valence-electron chi connectivity index (χ3n) is 3.93. The summed E-state index contributed by atoms with van der Waals surface area (Å²) in [6.07, 6.45) is 3.32. The Kier molecular flexibility index (Phi) is 12.7. The molecule has 0 nitrogen and oxygen atoms in total. The van der Waals surface area contributed by atoms with Crippen LogP contribution in [0.25, 0.3) is 21.5 Å². The predicted molar refractivity (Wildman–Crippen MR) is 121 cm³/mol. The average Bonchev–Trinajstić information content (AvgIpc) is 3.23. The van der Waals surface area contributed by atoms with E-state index < -0.39 is 20.8 Å². The summed E-state index contributed by atoms with van der Waals surface area (Å²) >= 11 is -0.826. The van der Waals surface area contributed by atoms with Crippen molar-refractivity contribution in [1.29, 1.82) is 0 Å². The number of fused-ring (bicyclic) bond motifs is 2. The first-order valence-electron chi connectivity index (χ1n) is 9.03. The van der Waals surface area contributed by atoms with Gasteiger partial charge in [0.25, 0.3) is 0 Å². The number of benzene rings is 2. The molecule has 0 atom stereocenters. The Bertz CT molecular complexity index is 749. The third kappa shape index (κ3) is 9.24. The fourth-order valence-corrected chi connectivity index (χ4v) is 2.61. The van der Waals surface area contributed by atoms with Crippen LogP contribution >= 0.6 is 17.0 Å². The van der Waals surface area contributed by atoms with Gasteiger partial charge >= 0.3 is 37.9 Å². The number of unbranched alkanes of at least 4 members (excludes halogenated alkanes) is 1. The summed E-state index contributed by atoms with van der Waals surface area (Å²) in [5.74, 6) is 0. The van der Waals surface area contributed by atoms with Crippen molar-refractivity contribution in [3.05, 3.63) is 90.3 Å². The molecule has 0 fully saturated rings. The standard InChI is InChI=1S/2C10H9.C4H9.2ClH.Zr/c2*1-8-6-9-4-2-3-5-10(9)7-8;1-3-4-2;;;/h2*2-7H,1H3;3H,4H2,1-2H3;2*1H;/q3*-1;;;+2/p-2. The number of halogens is 2. The Balaban J connectivity index is 0.000000204. The van der Waals surface area contributed by atoms with E-state index in [4.69, 9.17) is 17.0 Å². The topological polar surface area (TPSA) is 0 Å². The molecule has 0 N–H and O–H groups in total. The van der Waals surface area contributed by atoms with Crippen LogP contribution in [0.2, 0.25) is 0 Å². The number of aryl methyl sites for hydroxylation is 2. The molecule has 0 saturated carbocycles. The van der Waals surface area contributed by atoms with E-state index in [9.17, 15) is 0 Å². The van der Waals surface area contributed by atoms with E-state index in [1.165, 1.54) is 39.1 Å². The molecular formula is C24H27Cl2Zr-3. The van der Waals surface area contributed by atoms with Crippen molar-refractivity contribution in [2.75, 3.05) is 0 Å². The molecule has 0 heterocycles. The van der Waals surface area contributed by atoms with Crippen molar-refractivity contribution in [2.24, 2.45) is 0 Å². The van der Waals surface area contributed by atoms with E-state index in [1.54, 1.807) is 0 Å². The van der Waals surface area contributed by atoms with Gasteiger partial charge in [-0.1, -0.05) is 32.9 Å². The molecule has 0 aliphatic rings.